The molecule has 116 valence electrons. The summed E-state index contributed by atoms with van der Waals surface area (Å²) in [7, 11) is 1.72. The van der Waals surface area contributed by atoms with Gasteiger partial charge < -0.3 is 19.1 Å². The Hall–Kier alpha value is -0.980. The van der Waals surface area contributed by atoms with Crippen LogP contribution in [0.1, 0.15) is 34.6 Å². The normalized spacial score (nSPS) is 28.2. The molecule has 1 saturated heterocycles. The van der Waals surface area contributed by atoms with Crippen molar-refractivity contribution in [2.75, 3.05) is 26.9 Å². The molecule has 0 radical (unpaired) electrons. The molecule has 20 heavy (non-hydrogen) atoms. The third-order valence-corrected chi connectivity index (χ3v) is 3.09. The van der Waals surface area contributed by atoms with E-state index in [4.69, 9.17) is 14.2 Å². The summed E-state index contributed by atoms with van der Waals surface area (Å²) in [5.41, 5.74) is 0. The molecule has 2 rings (SSSR count). The van der Waals surface area contributed by atoms with Crippen molar-refractivity contribution >= 4 is 11.7 Å². The molecule has 0 bridgehead atoms. The van der Waals surface area contributed by atoms with Crippen LogP contribution in [0.2, 0.25) is 0 Å². The number of hydrogen-bond donors (Lipinski definition) is 0. The fourth-order valence-corrected chi connectivity index (χ4v) is 2.02. The molecule has 2 unspecified atom stereocenters. The number of nitrogens with zero attached hydrogens (tertiary/aromatic N) is 2. The fourth-order valence-electron chi connectivity index (χ4n) is 2.02. The number of aliphatic imine (C=N–C) groups is 1. The number of carbonyl (C=O) groups is 1. The predicted molar refractivity (Wildman–Crippen MR) is 76.7 cm³/mol. The fraction of sp³-hybridized carbons (Fsp3) is 0.857. The summed E-state index contributed by atoms with van der Waals surface area (Å²) in [4.78, 5) is 17.5. The van der Waals surface area contributed by atoms with Crippen LogP contribution in [-0.4, -0.2) is 61.4 Å². The van der Waals surface area contributed by atoms with Gasteiger partial charge in [0.2, 0.25) is 0 Å². The second-order valence-corrected chi connectivity index (χ2v) is 5.08. The summed E-state index contributed by atoms with van der Waals surface area (Å²) in [6.07, 6.45) is -0.0701. The molecule has 0 aromatic rings. The Bertz CT molecular complexity index is 368. The van der Waals surface area contributed by atoms with Crippen molar-refractivity contribution in [3.05, 3.63) is 0 Å². The van der Waals surface area contributed by atoms with E-state index in [1.807, 2.05) is 34.6 Å². The van der Waals surface area contributed by atoms with Gasteiger partial charge in [-0.15, -0.1) is 0 Å². The first-order valence-electron chi connectivity index (χ1n) is 7.10. The first-order valence-corrected chi connectivity index (χ1v) is 7.10. The van der Waals surface area contributed by atoms with Gasteiger partial charge in [-0.2, -0.15) is 0 Å². The minimum Gasteiger partial charge on any atom is -0.376 e. The van der Waals surface area contributed by atoms with Crippen molar-refractivity contribution in [1.29, 1.82) is 0 Å². The molecule has 0 saturated carbocycles. The number of amides is 1. The summed E-state index contributed by atoms with van der Waals surface area (Å²) in [6, 6.07) is -0.412. The van der Waals surface area contributed by atoms with Gasteiger partial charge in [-0.1, -0.05) is 13.8 Å². The molecular formula is C14H26N2O4. The molecular weight excluding hydrogens is 260 g/mol. The lowest BCUT2D eigenvalue weighted by Gasteiger charge is -2.17. The van der Waals surface area contributed by atoms with Gasteiger partial charge in [-0.05, 0) is 20.8 Å². The van der Waals surface area contributed by atoms with Crippen LogP contribution < -0.4 is 0 Å². The molecule has 0 aliphatic carbocycles. The molecule has 6 nitrogen and oxygen atoms in total. The van der Waals surface area contributed by atoms with Gasteiger partial charge in [-0.3, -0.25) is 9.79 Å². The van der Waals surface area contributed by atoms with E-state index in [0.717, 1.165) is 5.84 Å². The average molecular weight is 286 g/mol. The molecule has 1 amide bonds. The van der Waals surface area contributed by atoms with Gasteiger partial charge >= 0.3 is 0 Å². The Morgan fingerprint density at radius 2 is 2.05 bits per heavy atom. The number of hydrogen-bond acceptors (Lipinski definition) is 5. The average Bonchev–Trinajstić information content (AvgIpc) is 2.87. The van der Waals surface area contributed by atoms with E-state index in [1.165, 1.54) is 0 Å². The van der Waals surface area contributed by atoms with Crippen LogP contribution in [0.5, 0.6) is 0 Å². The molecule has 0 aromatic heterocycles. The number of likely N-dealkylation sites (N-methyl/N-ethyl adjacent to an activating group) is 1. The van der Waals surface area contributed by atoms with Gasteiger partial charge in [-0.25, -0.2) is 0 Å². The number of rotatable bonds is 4. The minimum absolute atomic E-state index is 0.0172. The summed E-state index contributed by atoms with van der Waals surface area (Å²) < 4.78 is 16.5. The highest BCUT2D eigenvalue weighted by Crippen LogP contribution is 2.22. The zero-order valence-corrected chi connectivity index (χ0v) is 13.3. The molecule has 2 aliphatic rings. The van der Waals surface area contributed by atoms with Crippen molar-refractivity contribution in [1.82, 2.24) is 4.90 Å². The van der Waals surface area contributed by atoms with Gasteiger partial charge in [0, 0.05) is 7.05 Å². The second kappa shape index (κ2) is 7.15. The van der Waals surface area contributed by atoms with Gasteiger partial charge in [0.25, 0.3) is 5.91 Å². The lowest BCUT2D eigenvalue weighted by atomic mass is 10.3. The molecule has 2 heterocycles. The maximum atomic E-state index is 11.7. The van der Waals surface area contributed by atoms with E-state index in [1.54, 1.807) is 11.9 Å². The quantitative estimate of drug-likeness (QED) is 0.784. The van der Waals surface area contributed by atoms with E-state index in [2.05, 4.69) is 4.99 Å². The molecule has 6 heteroatoms. The van der Waals surface area contributed by atoms with Crippen LogP contribution in [-0.2, 0) is 19.0 Å². The van der Waals surface area contributed by atoms with E-state index in [0.29, 0.717) is 19.8 Å². The molecule has 2 atom stereocenters. The van der Waals surface area contributed by atoms with E-state index < -0.39 is 11.8 Å². The van der Waals surface area contributed by atoms with Crippen molar-refractivity contribution in [3.8, 4) is 0 Å². The van der Waals surface area contributed by atoms with Gasteiger partial charge in [0.1, 0.15) is 11.9 Å². The van der Waals surface area contributed by atoms with Crippen molar-refractivity contribution in [3.63, 3.8) is 0 Å². The second-order valence-electron chi connectivity index (χ2n) is 5.08. The first-order chi connectivity index (χ1) is 9.39. The van der Waals surface area contributed by atoms with Crippen LogP contribution in [0.15, 0.2) is 4.99 Å². The Morgan fingerprint density at radius 1 is 1.40 bits per heavy atom. The third kappa shape index (κ3) is 4.26. The van der Waals surface area contributed by atoms with E-state index in [-0.39, 0.29) is 12.0 Å². The third-order valence-electron chi connectivity index (χ3n) is 3.09. The number of amidine groups is 1. The first kappa shape index (κ1) is 17.1. The molecule has 1 fully saturated rings. The van der Waals surface area contributed by atoms with Crippen molar-refractivity contribution in [2.24, 2.45) is 4.99 Å². The van der Waals surface area contributed by atoms with Crippen LogP contribution >= 0.6 is 0 Å². The largest absolute Gasteiger partial charge is 0.376 e. The van der Waals surface area contributed by atoms with Crippen LogP contribution in [0, 0.1) is 0 Å². The maximum absolute atomic E-state index is 11.7. The SMILES string of the molecule is CC.CC1=NC(COCC2COC(C)(C)O2)C(=O)N1C. The van der Waals surface area contributed by atoms with Crippen molar-refractivity contribution < 1.29 is 19.0 Å². The summed E-state index contributed by atoms with van der Waals surface area (Å²) in [5.74, 6) is 0.179. The standard InChI is InChI=1S/C12H20N2O4.C2H6/c1-8-13-10(11(15)14(8)4)7-16-5-9-6-17-12(2,3)18-9;1-2/h9-10H,5-7H2,1-4H3;1-2H3. The highest BCUT2D eigenvalue weighted by molar-refractivity contribution is 6.04. The topological polar surface area (TPSA) is 60.4 Å². The highest BCUT2D eigenvalue weighted by atomic mass is 16.7. The zero-order chi connectivity index (χ0) is 15.3. The monoisotopic (exact) mass is 286 g/mol. The van der Waals surface area contributed by atoms with E-state index >= 15 is 0 Å². The predicted octanol–water partition coefficient (Wildman–Crippen LogP) is 1.44. The number of ether oxygens (including phenoxy) is 3. The van der Waals surface area contributed by atoms with Crippen LogP contribution in [0.3, 0.4) is 0 Å². The van der Waals surface area contributed by atoms with Gasteiger partial charge in [0.15, 0.2) is 11.8 Å². The molecule has 0 spiro atoms. The molecule has 0 aromatic carbocycles. The van der Waals surface area contributed by atoms with Crippen molar-refractivity contribution in [2.45, 2.75) is 52.6 Å². The minimum atomic E-state index is -0.536. The Balaban J connectivity index is 0.000000956. The summed E-state index contributed by atoms with van der Waals surface area (Å²) >= 11 is 0. The smallest absolute Gasteiger partial charge is 0.254 e. The Morgan fingerprint density at radius 3 is 2.50 bits per heavy atom. The van der Waals surface area contributed by atoms with E-state index in [9.17, 15) is 4.79 Å². The number of carbonyl (C=O) groups excluding carboxylic acids is 1. The Kier molecular flexibility index (Phi) is 6.10. The van der Waals surface area contributed by atoms with Gasteiger partial charge in [0.05, 0.1) is 19.8 Å². The Labute approximate surface area is 121 Å². The van der Waals surface area contributed by atoms with Crippen LogP contribution in [0.25, 0.3) is 0 Å². The zero-order valence-electron chi connectivity index (χ0n) is 13.3. The van der Waals surface area contributed by atoms with Crippen LogP contribution in [0.4, 0.5) is 0 Å². The lowest BCUT2D eigenvalue weighted by molar-refractivity contribution is -0.146. The lowest BCUT2D eigenvalue weighted by Crippen LogP contribution is -2.33. The molecule has 0 N–H and O–H groups in total. The maximum Gasteiger partial charge on any atom is 0.254 e. The summed E-state index contributed by atoms with van der Waals surface area (Å²) in [5, 5.41) is 0. The molecule has 2 aliphatic heterocycles. The highest BCUT2D eigenvalue weighted by Gasteiger charge is 2.34. The summed E-state index contributed by atoms with van der Waals surface area (Å²) in [6.45, 7) is 10.8.